The van der Waals surface area contributed by atoms with Crippen molar-refractivity contribution in [3.63, 3.8) is 0 Å². The van der Waals surface area contributed by atoms with Gasteiger partial charge in [-0.15, -0.1) is 5.10 Å². The van der Waals surface area contributed by atoms with Crippen LogP contribution in [0.2, 0.25) is 0 Å². The van der Waals surface area contributed by atoms with Gasteiger partial charge in [0.1, 0.15) is 17.9 Å². The molecule has 0 amide bonds. The molecule has 0 bridgehead atoms. The maximum Gasteiger partial charge on any atom is 0.359 e. The fraction of sp³-hybridized carbons (Fsp3) is 0.538. The second kappa shape index (κ2) is 11.7. The normalized spacial score (nSPS) is 24.2. The smallest absolute Gasteiger partial charge is 0.359 e. The summed E-state index contributed by atoms with van der Waals surface area (Å²) in [6, 6.07) is 9.05. The Hall–Kier alpha value is -2.97. The highest BCUT2D eigenvalue weighted by atomic mass is 31.2. The van der Waals surface area contributed by atoms with Gasteiger partial charge in [0.05, 0.1) is 29.2 Å². The first-order chi connectivity index (χ1) is 19.3. The van der Waals surface area contributed by atoms with E-state index in [1.807, 2.05) is 18.2 Å². The molecule has 1 aliphatic rings. The first-order valence-corrected chi connectivity index (χ1v) is 15.0. The summed E-state index contributed by atoms with van der Waals surface area (Å²) in [5.41, 5.74) is -2.11. The summed E-state index contributed by atoms with van der Waals surface area (Å²) < 4.78 is 27.0. The monoisotopic (exact) mass is 593 g/mol. The molecule has 1 saturated heterocycles. The lowest BCUT2D eigenvalue weighted by Crippen LogP contribution is -2.41. The molecule has 0 spiro atoms. The molecule has 2 aromatic heterocycles. The van der Waals surface area contributed by atoms with Crippen molar-refractivity contribution in [2.45, 2.75) is 88.9 Å². The van der Waals surface area contributed by atoms with Gasteiger partial charge in [-0.05, 0) is 38.3 Å². The molecule has 1 aromatic carbocycles. The largest absolute Gasteiger partial charge is 0.388 e. The van der Waals surface area contributed by atoms with E-state index in [4.69, 9.17) is 9.26 Å². The van der Waals surface area contributed by atoms with Crippen molar-refractivity contribution in [1.29, 1.82) is 0 Å². The van der Waals surface area contributed by atoms with Gasteiger partial charge in [0.25, 0.3) is 5.56 Å². The fourth-order valence-corrected chi connectivity index (χ4v) is 6.16. The number of hydrogen-bond acceptors (Lipinski definition) is 10. The van der Waals surface area contributed by atoms with Crippen molar-refractivity contribution < 1.29 is 34.0 Å². The van der Waals surface area contributed by atoms with E-state index >= 15 is 0 Å². The Morgan fingerprint density at radius 3 is 2.34 bits per heavy atom. The number of aromatic amines is 1. The molecule has 15 heteroatoms. The number of aromatic nitrogens is 5. The summed E-state index contributed by atoms with van der Waals surface area (Å²) in [6.45, 7) is 6.21. The molecule has 4 rings (SSSR count). The van der Waals surface area contributed by atoms with Crippen LogP contribution in [0.5, 0.6) is 0 Å². The number of rotatable bonds is 11. The lowest BCUT2D eigenvalue weighted by Gasteiger charge is -2.39. The van der Waals surface area contributed by atoms with E-state index in [0.29, 0.717) is 5.69 Å². The van der Waals surface area contributed by atoms with Crippen LogP contribution in [0.15, 0.2) is 52.3 Å². The number of nitrogens with one attached hydrogen (secondary N) is 1. The predicted molar refractivity (Wildman–Crippen MR) is 147 cm³/mol. The fourth-order valence-electron chi connectivity index (χ4n) is 4.71. The molecule has 0 radical (unpaired) electrons. The number of ether oxygens (including phenoxy) is 1. The van der Waals surface area contributed by atoms with Gasteiger partial charge >= 0.3 is 13.3 Å². The standard InChI is InChI=1S/C26H36N5O9P/c1-5-25(4,36)41(37,38)40-26(6-2,7-3)13-19-20(32)21(33)23(39-19)30-14-17(22(34)27-24(30)35)18-15-31(29-28-18)16-11-9-8-10-12-16/h8-12,14-15,19-21,23,32-33,36H,5-7,13H2,1-4H3,(H,37,38)(H,27,34,35). The summed E-state index contributed by atoms with van der Waals surface area (Å²) in [7, 11) is -4.54. The number of para-hydroxylation sites is 1. The van der Waals surface area contributed by atoms with E-state index in [0.717, 1.165) is 4.57 Å². The number of nitrogens with zero attached hydrogens (tertiary/aromatic N) is 4. The third-order valence-corrected chi connectivity index (χ3v) is 10.00. The zero-order chi connectivity index (χ0) is 30.2. The van der Waals surface area contributed by atoms with Gasteiger partial charge in [-0.3, -0.25) is 23.4 Å². The summed E-state index contributed by atoms with van der Waals surface area (Å²) in [4.78, 5) is 38.2. The van der Waals surface area contributed by atoms with E-state index in [1.165, 1.54) is 24.0 Å². The molecule has 5 N–H and O–H groups in total. The van der Waals surface area contributed by atoms with E-state index in [9.17, 15) is 34.4 Å². The number of aliphatic hydroxyl groups excluding tert-OH is 2. The summed E-state index contributed by atoms with van der Waals surface area (Å²) >= 11 is 0. The van der Waals surface area contributed by atoms with Crippen molar-refractivity contribution >= 4 is 7.60 Å². The maximum atomic E-state index is 13.0. The highest BCUT2D eigenvalue weighted by Crippen LogP contribution is 2.59. The van der Waals surface area contributed by atoms with E-state index in [2.05, 4.69) is 15.3 Å². The van der Waals surface area contributed by atoms with Gasteiger partial charge in [-0.2, -0.15) is 0 Å². The Morgan fingerprint density at radius 1 is 1.07 bits per heavy atom. The highest BCUT2D eigenvalue weighted by molar-refractivity contribution is 7.54. The van der Waals surface area contributed by atoms with Gasteiger partial charge in [0.15, 0.2) is 11.6 Å². The number of hydrogen-bond donors (Lipinski definition) is 5. The second-order valence-electron chi connectivity index (χ2n) is 10.4. The lowest BCUT2D eigenvalue weighted by atomic mass is 9.88. The Kier molecular flexibility index (Phi) is 8.86. The molecule has 224 valence electrons. The Balaban J connectivity index is 1.63. The van der Waals surface area contributed by atoms with Crippen molar-refractivity contribution in [1.82, 2.24) is 24.5 Å². The van der Waals surface area contributed by atoms with Gasteiger partial charge < -0.3 is 24.9 Å². The maximum absolute atomic E-state index is 13.0. The molecule has 0 aliphatic carbocycles. The van der Waals surface area contributed by atoms with Crippen LogP contribution in [0.25, 0.3) is 16.9 Å². The van der Waals surface area contributed by atoms with Crippen molar-refractivity contribution in [2.75, 3.05) is 0 Å². The summed E-state index contributed by atoms with van der Waals surface area (Å²) in [5.74, 6) is 0. The average Bonchev–Trinajstić information content (AvgIpc) is 3.54. The number of benzene rings is 1. The topological polar surface area (TPSA) is 202 Å². The molecular formula is C26H36N5O9P. The van der Waals surface area contributed by atoms with Crippen LogP contribution in [0.1, 0.15) is 59.6 Å². The van der Waals surface area contributed by atoms with Gasteiger partial charge in [-0.25, -0.2) is 9.48 Å². The van der Waals surface area contributed by atoms with Crippen molar-refractivity contribution in [3.8, 4) is 16.9 Å². The zero-order valence-electron chi connectivity index (χ0n) is 23.2. The Labute approximate surface area is 235 Å². The van der Waals surface area contributed by atoms with E-state index in [-0.39, 0.29) is 36.9 Å². The molecule has 14 nitrogen and oxygen atoms in total. The highest BCUT2D eigenvalue weighted by Gasteiger charge is 2.51. The molecule has 6 atom stereocenters. The van der Waals surface area contributed by atoms with Gasteiger partial charge in [-0.1, -0.05) is 44.2 Å². The molecular weight excluding hydrogens is 557 g/mol. The Bertz CT molecular complexity index is 1520. The number of aliphatic hydroxyl groups is 3. The third-order valence-electron chi connectivity index (χ3n) is 7.83. The molecule has 1 aliphatic heterocycles. The van der Waals surface area contributed by atoms with Crippen LogP contribution < -0.4 is 11.2 Å². The van der Waals surface area contributed by atoms with Crippen LogP contribution in [0.3, 0.4) is 0 Å². The average molecular weight is 594 g/mol. The predicted octanol–water partition coefficient (Wildman–Crippen LogP) is 1.67. The van der Waals surface area contributed by atoms with E-state index in [1.54, 1.807) is 32.9 Å². The molecule has 41 heavy (non-hydrogen) atoms. The number of H-pyrrole nitrogens is 1. The molecule has 3 heterocycles. The van der Waals surface area contributed by atoms with Crippen LogP contribution >= 0.6 is 7.60 Å². The van der Waals surface area contributed by atoms with Gasteiger partial charge in [0, 0.05) is 12.6 Å². The minimum Gasteiger partial charge on any atom is -0.388 e. The van der Waals surface area contributed by atoms with Crippen LogP contribution in [-0.4, -0.2) is 74.0 Å². The van der Waals surface area contributed by atoms with Gasteiger partial charge in [0.2, 0.25) is 0 Å². The Morgan fingerprint density at radius 2 is 1.73 bits per heavy atom. The zero-order valence-corrected chi connectivity index (χ0v) is 24.1. The molecule has 6 unspecified atom stereocenters. The molecule has 3 aromatic rings. The molecule has 1 fully saturated rings. The molecule has 0 saturated carbocycles. The lowest BCUT2D eigenvalue weighted by molar-refractivity contribution is -0.0774. The summed E-state index contributed by atoms with van der Waals surface area (Å²) in [6.07, 6.45) is -2.68. The first kappa shape index (κ1) is 31.0. The first-order valence-electron chi connectivity index (χ1n) is 13.4. The van der Waals surface area contributed by atoms with E-state index < -0.39 is 54.3 Å². The minimum absolute atomic E-state index is 0.0247. The minimum atomic E-state index is -4.54. The van der Waals surface area contributed by atoms with Crippen LogP contribution in [0.4, 0.5) is 0 Å². The second-order valence-corrected chi connectivity index (χ2v) is 12.6. The third kappa shape index (κ3) is 6.00. The van der Waals surface area contributed by atoms with Crippen molar-refractivity contribution in [3.05, 3.63) is 63.6 Å². The van der Waals surface area contributed by atoms with Crippen LogP contribution in [-0.2, 0) is 13.8 Å². The quantitative estimate of drug-likeness (QED) is 0.202. The SMILES string of the molecule is CCC(CC)(CC1OC(n2cc(-c3cn(-c4ccccc4)nn3)c(=O)[nH]c2=O)C(O)C1O)OP(=O)(O)C(C)(O)CC. The van der Waals surface area contributed by atoms with Crippen LogP contribution in [0, 0.1) is 0 Å². The summed E-state index contributed by atoms with van der Waals surface area (Å²) in [5, 5.41) is 38.3. The van der Waals surface area contributed by atoms with Crippen molar-refractivity contribution in [2.24, 2.45) is 0 Å².